The van der Waals surface area contributed by atoms with Gasteiger partial charge < -0.3 is 10.1 Å². The Kier molecular flexibility index (Phi) is 4.10. The Balaban J connectivity index is 1.49. The molecule has 0 atom stereocenters. The summed E-state index contributed by atoms with van der Waals surface area (Å²) in [5.41, 5.74) is 9.44. The molecule has 0 unspecified atom stereocenters. The fourth-order valence-corrected chi connectivity index (χ4v) is 4.40. The molecular weight excluding hydrogens is 302 g/mol. The van der Waals surface area contributed by atoms with Gasteiger partial charge in [-0.1, -0.05) is 12.1 Å². The first-order chi connectivity index (χ1) is 11.3. The Morgan fingerprint density at radius 3 is 2.48 bits per heavy atom. The first-order valence-corrected chi connectivity index (χ1v) is 9.11. The van der Waals surface area contributed by atoms with E-state index in [0.717, 1.165) is 10.9 Å². The van der Waals surface area contributed by atoms with E-state index in [4.69, 9.17) is 5.73 Å². The predicted molar refractivity (Wildman–Crippen MR) is 96.7 cm³/mol. The van der Waals surface area contributed by atoms with Gasteiger partial charge in [-0.25, -0.2) is 4.98 Å². The van der Waals surface area contributed by atoms with Gasteiger partial charge in [0.05, 0.1) is 0 Å². The number of imidazole rings is 1. The minimum absolute atomic E-state index is 0.423. The van der Waals surface area contributed by atoms with E-state index in [1.807, 2.05) is 24.2 Å². The molecule has 4 rings (SSSR count). The molecule has 4 heteroatoms. The highest BCUT2D eigenvalue weighted by atomic mass is 32.2. The number of pyridine rings is 1. The molecule has 0 aliphatic heterocycles. The first-order valence-electron chi connectivity index (χ1n) is 8.23. The Labute approximate surface area is 140 Å². The van der Waals surface area contributed by atoms with E-state index in [1.165, 1.54) is 41.7 Å². The maximum atomic E-state index is 5.99. The molecule has 1 fully saturated rings. The zero-order valence-electron chi connectivity index (χ0n) is 13.1. The van der Waals surface area contributed by atoms with Crippen molar-refractivity contribution in [2.24, 2.45) is 5.73 Å². The Morgan fingerprint density at radius 1 is 0.957 bits per heavy atom. The normalized spacial score (nSPS) is 21.6. The summed E-state index contributed by atoms with van der Waals surface area (Å²) in [5.74, 6) is 0. The monoisotopic (exact) mass is 323 g/mol. The molecule has 0 saturated heterocycles. The summed E-state index contributed by atoms with van der Waals surface area (Å²) in [7, 11) is 0. The molecule has 0 radical (unpaired) electrons. The number of nitrogens with two attached hydrogens (primary N) is 1. The van der Waals surface area contributed by atoms with Gasteiger partial charge in [-0.2, -0.15) is 0 Å². The average Bonchev–Trinajstić information content (AvgIpc) is 3.05. The second kappa shape index (κ2) is 6.38. The molecule has 2 heterocycles. The lowest BCUT2D eigenvalue weighted by Crippen LogP contribution is -2.27. The summed E-state index contributed by atoms with van der Waals surface area (Å²) in [4.78, 5) is 5.65. The summed E-state index contributed by atoms with van der Waals surface area (Å²) in [6.45, 7) is 0. The second-order valence-corrected chi connectivity index (χ2v) is 7.66. The molecule has 1 saturated carbocycles. The van der Waals surface area contributed by atoms with E-state index in [-0.39, 0.29) is 0 Å². The van der Waals surface area contributed by atoms with Crippen LogP contribution in [0.4, 0.5) is 0 Å². The lowest BCUT2D eigenvalue weighted by atomic mass is 9.96. The molecule has 0 spiro atoms. The van der Waals surface area contributed by atoms with Crippen LogP contribution in [0.1, 0.15) is 25.7 Å². The van der Waals surface area contributed by atoms with E-state index in [9.17, 15) is 0 Å². The summed E-state index contributed by atoms with van der Waals surface area (Å²) >= 11 is 2.00. The van der Waals surface area contributed by atoms with Gasteiger partial charge >= 0.3 is 0 Å². The van der Waals surface area contributed by atoms with Gasteiger partial charge in [-0.15, -0.1) is 11.8 Å². The van der Waals surface area contributed by atoms with Gasteiger partial charge in [0.1, 0.15) is 5.65 Å². The highest BCUT2D eigenvalue weighted by Gasteiger charge is 2.19. The Bertz CT molecular complexity index is 786. The highest BCUT2D eigenvalue weighted by molar-refractivity contribution is 8.00. The van der Waals surface area contributed by atoms with Crippen molar-refractivity contribution in [3.63, 3.8) is 0 Å². The molecule has 2 aromatic heterocycles. The summed E-state index contributed by atoms with van der Waals surface area (Å²) < 4.78 is 2.06. The number of nitrogens with zero attached hydrogens (tertiary/aromatic N) is 2. The van der Waals surface area contributed by atoms with Crippen molar-refractivity contribution < 1.29 is 0 Å². The van der Waals surface area contributed by atoms with Crippen LogP contribution in [0.15, 0.2) is 59.9 Å². The van der Waals surface area contributed by atoms with Crippen molar-refractivity contribution in [3.05, 3.63) is 55.0 Å². The van der Waals surface area contributed by atoms with Gasteiger partial charge in [0.2, 0.25) is 0 Å². The van der Waals surface area contributed by atoms with Crippen LogP contribution >= 0.6 is 11.8 Å². The lowest BCUT2D eigenvalue weighted by Gasteiger charge is -2.25. The molecule has 23 heavy (non-hydrogen) atoms. The molecule has 1 aliphatic rings. The van der Waals surface area contributed by atoms with E-state index >= 15 is 0 Å². The molecule has 0 bridgehead atoms. The van der Waals surface area contributed by atoms with Gasteiger partial charge in [0.25, 0.3) is 0 Å². The van der Waals surface area contributed by atoms with Crippen molar-refractivity contribution in [2.75, 3.05) is 0 Å². The number of hydrogen-bond acceptors (Lipinski definition) is 3. The molecule has 3 aromatic rings. The minimum atomic E-state index is 0.423. The van der Waals surface area contributed by atoms with E-state index in [0.29, 0.717) is 6.04 Å². The van der Waals surface area contributed by atoms with Crippen LogP contribution in [0, 0.1) is 0 Å². The van der Waals surface area contributed by atoms with E-state index < -0.39 is 0 Å². The van der Waals surface area contributed by atoms with Crippen LogP contribution in [0.5, 0.6) is 0 Å². The fraction of sp³-hybridized carbons (Fsp3) is 0.316. The predicted octanol–water partition coefficient (Wildman–Crippen LogP) is 4.36. The van der Waals surface area contributed by atoms with Gasteiger partial charge in [0, 0.05) is 34.8 Å². The third kappa shape index (κ3) is 3.28. The van der Waals surface area contributed by atoms with Gasteiger partial charge in [-0.05, 0) is 61.1 Å². The third-order valence-corrected chi connectivity index (χ3v) is 5.95. The van der Waals surface area contributed by atoms with Crippen LogP contribution in [-0.2, 0) is 0 Å². The Morgan fingerprint density at radius 2 is 1.70 bits per heavy atom. The number of thioether (sulfide) groups is 1. The summed E-state index contributed by atoms with van der Waals surface area (Å²) in [6, 6.07) is 13.5. The first kappa shape index (κ1) is 14.8. The maximum absolute atomic E-state index is 5.99. The Hall–Kier alpha value is -1.78. The van der Waals surface area contributed by atoms with Gasteiger partial charge in [0.15, 0.2) is 0 Å². The number of benzene rings is 1. The number of aromatic nitrogens is 2. The topological polar surface area (TPSA) is 43.3 Å². The average molecular weight is 323 g/mol. The van der Waals surface area contributed by atoms with Crippen LogP contribution < -0.4 is 5.73 Å². The van der Waals surface area contributed by atoms with Crippen LogP contribution in [0.3, 0.4) is 0 Å². The lowest BCUT2D eigenvalue weighted by molar-refractivity contribution is 0.451. The molecular formula is C19H21N3S. The fourth-order valence-electron chi connectivity index (χ4n) is 3.22. The van der Waals surface area contributed by atoms with E-state index in [2.05, 4.69) is 52.0 Å². The smallest absolute Gasteiger partial charge is 0.136 e. The van der Waals surface area contributed by atoms with Crippen molar-refractivity contribution in [1.29, 1.82) is 0 Å². The van der Waals surface area contributed by atoms with Gasteiger partial charge in [-0.3, -0.25) is 0 Å². The molecule has 118 valence electrons. The van der Waals surface area contributed by atoms with Crippen molar-refractivity contribution >= 4 is 17.4 Å². The number of rotatable bonds is 3. The van der Waals surface area contributed by atoms with Crippen LogP contribution in [0.2, 0.25) is 0 Å². The quantitative estimate of drug-likeness (QED) is 0.778. The standard InChI is InChI=1S/C19H21N3S/c20-16-4-8-18(9-5-16)23-17-6-1-14(2-7-17)15-3-10-19-21-11-12-22(19)13-15/h1-3,6-7,10-13,16,18H,4-5,8-9,20H2. The van der Waals surface area contributed by atoms with Crippen LogP contribution in [0.25, 0.3) is 16.8 Å². The summed E-state index contributed by atoms with van der Waals surface area (Å²) in [5, 5.41) is 0.725. The molecule has 1 aromatic carbocycles. The summed E-state index contributed by atoms with van der Waals surface area (Å²) in [6.07, 6.45) is 10.8. The number of fused-ring (bicyclic) bond motifs is 1. The highest BCUT2D eigenvalue weighted by Crippen LogP contribution is 2.34. The second-order valence-electron chi connectivity index (χ2n) is 6.29. The molecule has 2 N–H and O–H groups in total. The minimum Gasteiger partial charge on any atom is -0.328 e. The zero-order valence-corrected chi connectivity index (χ0v) is 13.9. The van der Waals surface area contributed by atoms with Crippen molar-refractivity contribution in [2.45, 2.75) is 41.9 Å². The van der Waals surface area contributed by atoms with Crippen molar-refractivity contribution in [3.8, 4) is 11.1 Å². The molecule has 0 amide bonds. The van der Waals surface area contributed by atoms with E-state index in [1.54, 1.807) is 0 Å². The largest absolute Gasteiger partial charge is 0.328 e. The molecule has 3 nitrogen and oxygen atoms in total. The third-order valence-electron chi connectivity index (χ3n) is 4.60. The van der Waals surface area contributed by atoms with Crippen molar-refractivity contribution in [1.82, 2.24) is 9.38 Å². The SMILES string of the molecule is NC1CCC(Sc2ccc(-c3ccc4nccn4c3)cc2)CC1. The number of hydrogen-bond donors (Lipinski definition) is 1. The zero-order chi connectivity index (χ0) is 15.6. The maximum Gasteiger partial charge on any atom is 0.136 e. The van der Waals surface area contributed by atoms with Crippen LogP contribution in [-0.4, -0.2) is 20.7 Å². The molecule has 1 aliphatic carbocycles.